The number of rotatable bonds is 1. The zero-order valence-electron chi connectivity index (χ0n) is 8.74. The van der Waals surface area contributed by atoms with Crippen molar-refractivity contribution < 1.29 is 0 Å². The van der Waals surface area contributed by atoms with Gasteiger partial charge in [0.2, 0.25) is 0 Å². The van der Waals surface area contributed by atoms with Crippen LogP contribution in [0.4, 0.5) is 0 Å². The predicted octanol–water partition coefficient (Wildman–Crippen LogP) is 3.69. The van der Waals surface area contributed by atoms with Crippen molar-refractivity contribution in [3.05, 3.63) is 52.1 Å². The monoisotopic (exact) mass is 272 g/mol. The van der Waals surface area contributed by atoms with Gasteiger partial charge in [0.05, 0.1) is 11.3 Å². The Balaban J connectivity index is 2.64. The molecule has 0 saturated heterocycles. The molecule has 0 atom stereocenters. The number of aryl methyl sites for hydroxylation is 1. The second-order valence-electron chi connectivity index (χ2n) is 3.47. The highest BCUT2D eigenvalue weighted by Gasteiger charge is 2.08. The molecular formula is C13H9BrN2. The van der Waals surface area contributed by atoms with Gasteiger partial charge < -0.3 is 0 Å². The number of nitrogens with zero attached hydrogens (tertiary/aromatic N) is 2. The fraction of sp³-hybridized carbons (Fsp3) is 0.0769. The molecule has 1 aromatic heterocycles. The highest BCUT2D eigenvalue weighted by atomic mass is 79.9. The Hall–Kier alpha value is -1.66. The molecule has 0 spiro atoms. The van der Waals surface area contributed by atoms with Crippen molar-refractivity contribution in [1.29, 1.82) is 5.26 Å². The summed E-state index contributed by atoms with van der Waals surface area (Å²) in [6, 6.07) is 11.7. The van der Waals surface area contributed by atoms with Crippen LogP contribution in [0.15, 0.2) is 41.0 Å². The lowest BCUT2D eigenvalue weighted by Gasteiger charge is -2.06. The Kier molecular flexibility index (Phi) is 3.02. The van der Waals surface area contributed by atoms with Crippen molar-refractivity contribution in [2.75, 3.05) is 0 Å². The van der Waals surface area contributed by atoms with E-state index >= 15 is 0 Å². The van der Waals surface area contributed by atoms with Crippen LogP contribution in [0, 0.1) is 18.3 Å². The first-order valence-corrected chi connectivity index (χ1v) is 5.63. The number of benzene rings is 1. The summed E-state index contributed by atoms with van der Waals surface area (Å²) >= 11 is 3.42. The minimum absolute atomic E-state index is 0.605. The highest BCUT2D eigenvalue weighted by molar-refractivity contribution is 9.10. The molecule has 1 aromatic carbocycles. The summed E-state index contributed by atoms with van der Waals surface area (Å²) in [7, 11) is 0. The third-order valence-corrected chi connectivity index (χ3v) is 2.86. The van der Waals surface area contributed by atoms with Crippen molar-refractivity contribution in [1.82, 2.24) is 4.98 Å². The molecule has 2 nitrogen and oxygen atoms in total. The van der Waals surface area contributed by atoms with Crippen molar-refractivity contribution in [3.8, 4) is 17.3 Å². The maximum atomic E-state index is 9.03. The summed E-state index contributed by atoms with van der Waals surface area (Å²) in [5.74, 6) is 0. The van der Waals surface area contributed by atoms with Crippen LogP contribution in [0.2, 0.25) is 0 Å². The van der Waals surface area contributed by atoms with Crippen LogP contribution in [-0.2, 0) is 0 Å². The number of nitriles is 1. The summed E-state index contributed by atoms with van der Waals surface area (Å²) in [6.07, 6.45) is 1.71. The third-order valence-electron chi connectivity index (χ3n) is 2.37. The van der Waals surface area contributed by atoms with Gasteiger partial charge in [-0.25, -0.2) is 0 Å². The van der Waals surface area contributed by atoms with Crippen molar-refractivity contribution in [2.45, 2.75) is 6.92 Å². The van der Waals surface area contributed by atoms with E-state index in [4.69, 9.17) is 5.26 Å². The van der Waals surface area contributed by atoms with Gasteiger partial charge in [0, 0.05) is 16.2 Å². The van der Waals surface area contributed by atoms with Crippen molar-refractivity contribution in [2.24, 2.45) is 0 Å². The second-order valence-corrected chi connectivity index (χ2v) is 4.39. The van der Waals surface area contributed by atoms with E-state index in [2.05, 4.69) is 27.0 Å². The molecule has 2 rings (SSSR count). The normalized spacial score (nSPS) is 9.81. The number of pyridine rings is 1. The van der Waals surface area contributed by atoms with Crippen LogP contribution < -0.4 is 0 Å². The zero-order valence-corrected chi connectivity index (χ0v) is 10.3. The summed E-state index contributed by atoms with van der Waals surface area (Å²) in [6.45, 7) is 2.01. The Morgan fingerprint density at radius 2 is 2.12 bits per heavy atom. The van der Waals surface area contributed by atoms with Crippen LogP contribution in [-0.4, -0.2) is 4.98 Å². The molecule has 0 aliphatic carbocycles. The number of hydrogen-bond acceptors (Lipinski definition) is 2. The van der Waals surface area contributed by atoms with E-state index in [1.54, 1.807) is 18.3 Å². The van der Waals surface area contributed by atoms with Gasteiger partial charge in [-0.05, 0) is 36.8 Å². The highest BCUT2D eigenvalue weighted by Crippen LogP contribution is 2.26. The lowest BCUT2D eigenvalue weighted by molar-refractivity contribution is 1.28. The lowest BCUT2D eigenvalue weighted by atomic mass is 10.0. The summed E-state index contributed by atoms with van der Waals surface area (Å²) in [4.78, 5) is 4.27. The molecule has 0 N–H and O–H groups in total. The Labute approximate surface area is 103 Å². The molecule has 0 amide bonds. The molecule has 3 heteroatoms. The van der Waals surface area contributed by atoms with Crippen LogP contribution in [0.3, 0.4) is 0 Å². The van der Waals surface area contributed by atoms with Crippen LogP contribution in [0.5, 0.6) is 0 Å². The molecule has 0 unspecified atom stereocenters. The first-order chi connectivity index (χ1) is 7.72. The fourth-order valence-electron chi connectivity index (χ4n) is 1.60. The molecule has 0 fully saturated rings. The standard InChI is InChI=1S/C13H9BrN2/c1-9-7-11(14)4-5-12(9)13-10(8-15)3-2-6-16-13/h2-7H,1H3. The molecular weight excluding hydrogens is 264 g/mol. The molecule has 0 aliphatic heterocycles. The molecule has 78 valence electrons. The van der Waals surface area contributed by atoms with E-state index in [1.807, 2.05) is 25.1 Å². The Morgan fingerprint density at radius 1 is 1.31 bits per heavy atom. The van der Waals surface area contributed by atoms with Gasteiger partial charge in [0.15, 0.2) is 0 Å². The SMILES string of the molecule is Cc1cc(Br)ccc1-c1ncccc1C#N. The topological polar surface area (TPSA) is 36.7 Å². The van der Waals surface area contributed by atoms with Gasteiger partial charge in [-0.2, -0.15) is 5.26 Å². The van der Waals surface area contributed by atoms with Gasteiger partial charge in [0.25, 0.3) is 0 Å². The third kappa shape index (κ3) is 1.98. The van der Waals surface area contributed by atoms with Crippen LogP contribution in [0.1, 0.15) is 11.1 Å². The van der Waals surface area contributed by atoms with E-state index in [-0.39, 0.29) is 0 Å². The van der Waals surface area contributed by atoms with E-state index in [0.717, 1.165) is 21.3 Å². The smallest absolute Gasteiger partial charge is 0.101 e. The van der Waals surface area contributed by atoms with E-state index in [1.165, 1.54) is 0 Å². The summed E-state index contributed by atoms with van der Waals surface area (Å²) in [5, 5.41) is 9.03. The van der Waals surface area contributed by atoms with Gasteiger partial charge >= 0.3 is 0 Å². The van der Waals surface area contributed by atoms with E-state index in [0.29, 0.717) is 5.56 Å². The maximum Gasteiger partial charge on any atom is 0.101 e. The molecule has 0 saturated carbocycles. The predicted molar refractivity (Wildman–Crippen MR) is 66.8 cm³/mol. The molecule has 0 radical (unpaired) electrons. The second kappa shape index (κ2) is 4.46. The first-order valence-electron chi connectivity index (χ1n) is 4.84. The number of aromatic nitrogens is 1. The summed E-state index contributed by atoms with van der Waals surface area (Å²) < 4.78 is 1.03. The largest absolute Gasteiger partial charge is 0.255 e. The van der Waals surface area contributed by atoms with Gasteiger partial charge in [-0.3, -0.25) is 4.98 Å². The van der Waals surface area contributed by atoms with Crippen molar-refractivity contribution >= 4 is 15.9 Å². The number of hydrogen-bond donors (Lipinski definition) is 0. The first kappa shape index (κ1) is 10.8. The van der Waals surface area contributed by atoms with Gasteiger partial charge in [0.1, 0.15) is 6.07 Å². The molecule has 0 aliphatic rings. The van der Waals surface area contributed by atoms with E-state index < -0.39 is 0 Å². The van der Waals surface area contributed by atoms with Crippen LogP contribution >= 0.6 is 15.9 Å². The minimum atomic E-state index is 0.605. The van der Waals surface area contributed by atoms with E-state index in [9.17, 15) is 0 Å². The molecule has 16 heavy (non-hydrogen) atoms. The van der Waals surface area contributed by atoms with Crippen LogP contribution in [0.25, 0.3) is 11.3 Å². The average molecular weight is 273 g/mol. The maximum absolute atomic E-state index is 9.03. The quantitative estimate of drug-likeness (QED) is 0.794. The van der Waals surface area contributed by atoms with Crippen molar-refractivity contribution in [3.63, 3.8) is 0 Å². The van der Waals surface area contributed by atoms with Gasteiger partial charge in [-0.1, -0.05) is 22.0 Å². The number of halogens is 1. The fourth-order valence-corrected chi connectivity index (χ4v) is 2.08. The minimum Gasteiger partial charge on any atom is -0.255 e. The average Bonchev–Trinajstić information content (AvgIpc) is 2.29. The Bertz CT molecular complexity index is 570. The molecule has 1 heterocycles. The molecule has 2 aromatic rings. The zero-order chi connectivity index (χ0) is 11.5. The molecule has 0 bridgehead atoms. The lowest BCUT2D eigenvalue weighted by Crippen LogP contribution is -1.90. The summed E-state index contributed by atoms with van der Waals surface area (Å²) in [5.41, 5.74) is 3.45. The Morgan fingerprint density at radius 3 is 2.81 bits per heavy atom. The van der Waals surface area contributed by atoms with Gasteiger partial charge in [-0.15, -0.1) is 0 Å².